The molecule has 12 heavy (non-hydrogen) atoms. The van der Waals surface area contributed by atoms with Crippen molar-refractivity contribution in [3.8, 4) is 5.75 Å². The molecule has 0 saturated carbocycles. The fraction of sp³-hybridized carbons (Fsp3) is 0.400. The van der Waals surface area contributed by atoms with E-state index in [0.717, 1.165) is 5.75 Å². The number of rotatable bonds is 3. The van der Waals surface area contributed by atoms with Crippen molar-refractivity contribution >= 4 is 0 Å². The van der Waals surface area contributed by atoms with Crippen molar-refractivity contribution in [2.75, 3.05) is 7.05 Å². The molecule has 1 aromatic rings. The summed E-state index contributed by atoms with van der Waals surface area (Å²) in [5.74, 6) is 0.905. The van der Waals surface area contributed by atoms with E-state index in [1.165, 1.54) is 5.56 Å². The smallest absolute Gasteiger partial charge is 0.147 e. The van der Waals surface area contributed by atoms with Gasteiger partial charge >= 0.3 is 0 Å². The highest BCUT2D eigenvalue weighted by molar-refractivity contribution is 5.26. The molecule has 0 aliphatic carbocycles. The molecule has 0 radical (unpaired) electrons. The van der Waals surface area contributed by atoms with Gasteiger partial charge in [0.2, 0.25) is 0 Å². The van der Waals surface area contributed by atoms with E-state index in [2.05, 4.69) is 12.2 Å². The molecule has 66 valence electrons. The molecule has 0 saturated heterocycles. The maximum Gasteiger partial charge on any atom is 0.147 e. The van der Waals surface area contributed by atoms with E-state index in [0.29, 0.717) is 0 Å². The molecule has 1 atom stereocenters. The van der Waals surface area contributed by atoms with Crippen LogP contribution in [0.5, 0.6) is 5.75 Å². The lowest BCUT2D eigenvalue weighted by Gasteiger charge is -2.13. The highest BCUT2D eigenvalue weighted by atomic mass is 16.5. The summed E-state index contributed by atoms with van der Waals surface area (Å²) >= 11 is 0. The molecule has 1 aromatic carbocycles. The van der Waals surface area contributed by atoms with Gasteiger partial charge in [-0.25, -0.2) is 0 Å². The summed E-state index contributed by atoms with van der Waals surface area (Å²) in [5.41, 5.74) is 1.25. The fourth-order valence-corrected chi connectivity index (χ4v) is 0.880. The van der Waals surface area contributed by atoms with Crippen LogP contribution in [0.3, 0.4) is 0 Å². The van der Waals surface area contributed by atoms with E-state index >= 15 is 0 Å². The van der Waals surface area contributed by atoms with Gasteiger partial charge in [-0.3, -0.25) is 5.32 Å². The second kappa shape index (κ2) is 4.12. The van der Waals surface area contributed by atoms with E-state index in [1.54, 1.807) is 0 Å². The van der Waals surface area contributed by atoms with E-state index < -0.39 is 0 Å². The summed E-state index contributed by atoms with van der Waals surface area (Å²) in [6.07, 6.45) is 0.0627. The van der Waals surface area contributed by atoms with Crippen LogP contribution in [-0.4, -0.2) is 13.3 Å². The highest BCUT2D eigenvalue weighted by Crippen LogP contribution is 2.12. The zero-order chi connectivity index (χ0) is 8.97. The summed E-state index contributed by atoms with van der Waals surface area (Å²) in [4.78, 5) is 0. The Morgan fingerprint density at radius 2 is 1.83 bits per heavy atom. The minimum Gasteiger partial charge on any atom is -0.476 e. The number of hydrogen-bond donors (Lipinski definition) is 1. The first kappa shape index (κ1) is 9.07. The highest BCUT2D eigenvalue weighted by Gasteiger charge is 1.98. The van der Waals surface area contributed by atoms with Crippen molar-refractivity contribution < 1.29 is 4.74 Å². The molecule has 0 spiro atoms. The minimum atomic E-state index is 0.0627. The topological polar surface area (TPSA) is 21.3 Å². The van der Waals surface area contributed by atoms with Gasteiger partial charge in [-0.15, -0.1) is 0 Å². The van der Waals surface area contributed by atoms with Crippen molar-refractivity contribution in [3.05, 3.63) is 29.8 Å². The van der Waals surface area contributed by atoms with Gasteiger partial charge in [0.15, 0.2) is 0 Å². The van der Waals surface area contributed by atoms with Crippen LogP contribution in [0.4, 0.5) is 0 Å². The molecule has 1 N–H and O–H groups in total. The maximum absolute atomic E-state index is 5.51. The summed E-state index contributed by atoms with van der Waals surface area (Å²) in [5, 5.41) is 3.01. The first-order valence-electron chi connectivity index (χ1n) is 4.13. The van der Waals surface area contributed by atoms with Crippen LogP contribution in [0, 0.1) is 6.92 Å². The van der Waals surface area contributed by atoms with Crippen molar-refractivity contribution in [2.45, 2.75) is 20.1 Å². The Labute approximate surface area is 73.6 Å². The lowest BCUT2D eigenvalue weighted by Crippen LogP contribution is -2.27. The number of aryl methyl sites for hydroxylation is 1. The van der Waals surface area contributed by atoms with Gasteiger partial charge < -0.3 is 4.74 Å². The van der Waals surface area contributed by atoms with Crippen molar-refractivity contribution in [1.29, 1.82) is 0 Å². The van der Waals surface area contributed by atoms with Gasteiger partial charge in [0.05, 0.1) is 0 Å². The maximum atomic E-state index is 5.51. The number of nitrogens with one attached hydrogen (secondary N) is 1. The van der Waals surface area contributed by atoms with Crippen molar-refractivity contribution in [3.63, 3.8) is 0 Å². The summed E-state index contributed by atoms with van der Waals surface area (Å²) in [6, 6.07) is 8.03. The molecule has 0 aliphatic rings. The lowest BCUT2D eigenvalue weighted by atomic mass is 10.2. The summed E-state index contributed by atoms with van der Waals surface area (Å²) < 4.78 is 5.51. The molecular formula is C10H15NO. The molecule has 0 heterocycles. The van der Waals surface area contributed by atoms with E-state index in [4.69, 9.17) is 4.74 Å². The molecule has 0 amide bonds. The Morgan fingerprint density at radius 1 is 1.25 bits per heavy atom. The molecule has 0 fully saturated rings. The average Bonchev–Trinajstić information content (AvgIpc) is 2.09. The number of ether oxygens (including phenoxy) is 1. The largest absolute Gasteiger partial charge is 0.476 e. The predicted molar refractivity (Wildman–Crippen MR) is 50.3 cm³/mol. The molecular weight excluding hydrogens is 150 g/mol. The van der Waals surface area contributed by atoms with Crippen LogP contribution in [-0.2, 0) is 0 Å². The van der Waals surface area contributed by atoms with Gasteiger partial charge in [0, 0.05) is 0 Å². The molecule has 2 nitrogen and oxygen atoms in total. The van der Waals surface area contributed by atoms with Gasteiger partial charge in [0.25, 0.3) is 0 Å². The molecule has 0 aliphatic heterocycles. The molecule has 0 bridgehead atoms. The van der Waals surface area contributed by atoms with E-state index in [-0.39, 0.29) is 6.23 Å². The Hall–Kier alpha value is -1.02. The van der Waals surface area contributed by atoms with E-state index in [1.807, 2.05) is 38.2 Å². The van der Waals surface area contributed by atoms with Crippen LogP contribution < -0.4 is 10.1 Å². The first-order valence-corrected chi connectivity index (χ1v) is 4.13. The fourth-order valence-electron chi connectivity index (χ4n) is 0.880. The van der Waals surface area contributed by atoms with Crippen molar-refractivity contribution in [2.24, 2.45) is 0 Å². The van der Waals surface area contributed by atoms with Gasteiger partial charge in [-0.1, -0.05) is 17.7 Å². The SMILES string of the molecule is CNC(C)Oc1ccc(C)cc1. The summed E-state index contributed by atoms with van der Waals surface area (Å²) in [7, 11) is 1.87. The van der Waals surface area contributed by atoms with Crippen molar-refractivity contribution in [1.82, 2.24) is 5.32 Å². The van der Waals surface area contributed by atoms with E-state index in [9.17, 15) is 0 Å². The second-order valence-electron chi connectivity index (χ2n) is 2.86. The van der Waals surface area contributed by atoms with Gasteiger partial charge in [-0.2, -0.15) is 0 Å². The lowest BCUT2D eigenvalue weighted by molar-refractivity contribution is 0.194. The van der Waals surface area contributed by atoms with Crippen LogP contribution in [0.15, 0.2) is 24.3 Å². The first-order chi connectivity index (χ1) is 5.72. The third-order valence-corrected chi connectivity index (χ3v) is 1.74. The van der Waals surface area contributed by atoms with Crippen LogP contribution >= 0.6 is 0 Å². The normalized spacial score (nSPS) is 12.6. The Kier molecular flexibility index (Phi) is 3.11. The zero-order valence-electron chi connectivity index (χ0n) is 7.79. The number of hydrogen-bond acceptors (Lipinski definition) is 2. The van der Waals surface area contributed by atoms with Gasteiger partial charge in [-0.05, 0) is 33.0 Å². The van der Waals surface area contributed by atoms with Gasteiger partial charge in [0.1, 0.15) is 12.0 Å². The zero-order valence-corrected chi connectivity index (χ0v) is 7.79. The third kappa shape index (κ3) is 2.55. The molecule has 0 aromatic heterocycles. The standard InChI is InChI=1S/C10H15NO/c1-8-4-6-10(7-5-8)12-9(2)11-3/h4-7,9,11H,1-3H3. The predicted octanol–water partition coefficient (Wildman–Crippen LogP) is 1.94. The van der Waals surface area contributed by atoms with Crippen LogP contribution in [0.1, 0.15) is 12.5 Å². The monoisotopic (exact) mass is 165 g/mol. The molecule has 1 unspecified atom stereocenters. The molecule has 2 heteroatoms. The Morgan fingerprint density at radius 3 is 2.33 bits per heavy atom. The Balaban J connectivity index is 2.58. The minimum absolute atomic E-state index is 0.0627. The quantitative estimate of drug-likeness (QED) is 0.691. The third-order valence-electron chi connectivity index (χ3n) is 1.74. The molecule has 1 rings (SSSR count). The summed E-state index contributed by atoms with van der Waals surface area (Å²) in [6.45, 7) is 4.03. The van der Waals surface area contributed by atoms with Crippen LogP contribution in [0.2, 0.25) is 0 Å². The Bertz CT molecular complexity index is 230. The average molecular weight is 165 g/mol. The second-order valence-corrected chi connectivity index (χ2v) is 2.86. The number of benzene rings is 1. The van der Waals surface area contributed by atoms with Crippen LogP contribution in [0.25, 0.3) is 0 Å².